The monoisotopic (exact) mass is 256 g/mol. The fraction of sp³-hybridized carbons (Fsp3) is 0.929. The van der Waals surface area contributed by atoms with Crippen LogP contribution in [-0.2, 0) is 4.79 Å². The van der Waals surface area contributed by atoms with Crippen molar-refractivity contribution in [3.63, 3.8) is 0 Å². The zero-order chi connectivity index (χ0) is 13.2. The molecule has 1 atom stereocenters. The number of rotatable bonds is 7. The zero-order valence-corrected chi connectivity index (χ0v) is 11.6. The number of aliphatic hydroxyl groups excluding tert-OH is 1. The molecule has 0 radical (unpaired) electrons. The molecule has 1 fully saturated rings. The fourth-order valence-electron chi connectivity index (χ4n) is 2.46. The van der Waals surface area contributed by atoms with Crippen molar-refractivity contribution in [2.75, 3.05) is 19.7 Å². The van der Waals surface area contributed by atoms with Crippen molar-refractivity contribution in [1.29, 1.82) is 0 Å². The number of amides is 1. The Bertz CT molecular complexity index is 226. The van der Waals surface area contributed by atoms with E-state index in [4.69, 9.17) is 5.11 Å². The first-order valence-corrected chi connectivity index (χ1v) is 7.33. The predicted molar refractivity (Wildman–Crippen MR) is 73.4 cm³/mol. The van der Waals surface area contributed by atoms with Crippen LogP contribution in [0.5, 0.6) is 0 Å². The molecule has 1 aliphatic rings. The minimum Gasteiger partial charge on any atom is -0.396 e. The highest BCUT2D eigenvalue weighted by atomic mass is 16.3. The van der Waals surface area contributed by atoms with Gasteiger partial charge in [-0.25, -0.2) is 0 Å². The molecule has 0 saturated heterocycles. The van der Waals surface area contributed by atoms with E-state index in [0.29, 0.717) is 18.5 Å². The van der Waals surface area contributed by atoms with Gasteiger partial charge in [0.2, 0.25) is 5.91 Å². The van der Waals surface area contributed by atoms with Crippen LogP contribution in [0.2, 0.25) is 0 Å². The first kappa shape index (κ1) is 15.4. The van der Waals surface area contributed by atoms with E-state index in [1.807, 2.05) is 0 Å². The first-order valence-electron chi connectivity index (χ1n) is 7.33. The molecular formula is C14H28N2O2. The zero-order valence-electron chi connectivity index (χ0n) is 11.6. The standard InChI is InChI=1S/C14H28N2O2/c1-12(8-9-17)10-15-11-14(18)16-13-6-4-2-3-5-7-13/h12-13,15,17H,2-11H2,1H3,(H,16,18). The molecule has 3 N–H and O–H groups in total. The third kappa shape index (κ3) is 6.97. The maximum absolute atomic E-state index is 11.7. The van der Waals surface area contributed by atoms with Crippen LogP contribution >= 0.6 is 0 Å². The molecule has 1 amide bonds. The van der Waals surface area contributed by atoms with Gasteiger partial charge < -0.3 is 15.7 Å². The Morgan fingerprint density at radius 2 is 1.94 bits per heavy atom. The maximum atomic E-state index is 11.7. The van der Waals surface area contributed by atoms with Gasteiger partial charge in [0.1, 0.15) is 0 Å². The highest BCUT2D eigenvalue weighted by Crippen LogP contribution is 2.16. The van der Waals surface area contributed by atoms with E-state index in [9.17, 15) is 4.79 Å². The molecule has 4 heteroatoms. The molecule has 1 saturated carbocycles. The molecule has 0 spiro atoms. The Kier molecular flexibility index (Phi) is 8.01. The summed E-state index contributed by atoms with van der Waals surface area (Å²) in [6, 6.07) is 0.386. The van der Waals surface area contributed by atoms with E-state index in [-0.39, 0.29) is 12.5 Å². The van der Waals surface area contributed by atoms with Gasteiger partial charge >= 0.3 is 0 Å². The van der Waals surface area contributed by atoms with Crippen molar-refractivity contribution >= 4 is 5.91 Å². The minimum absolute atomic E-state index is 0.109. The molecule has 0 aromatic carbocycles. The lowest BCUT2D eigenvalue weighted by Gasteiger charge is -2.17. The number of hydrogen-bond acceptors (Lipinski definition) is 3. The summed E-state index contributed by atoms with van der Waals surface area (Å²) in [5, 5.41) is 15.0. The number of nitrogens with one attached hydrogen (secondary N) is 2. The van der Waals surface area contributed by atoms with Gasteiger partial charge in [-0.1, -0.05) is 32.6 Å². The van der Waals surface area contributed by atoms with Crippen molar-refractivity contribution in [2.24, 2.45) is 5.92 Å². The molecule has 4 nitrogen and oxygen atoms in total. The minimum atomic E-state index is 0.109. The molecule has 18 heavy (non-hydrogen) atoms. The van der Waals surface area contributed by atoms with Crippen LogP contribution in [0.3, 0.4) is 0 Å². The molecule has 0 heterocycles. The number of aliphatic hydroxyl groups is 1. The van der Waals surface area contributed by atoms with Crippen LogP contribution in [0.15, 0.2) is 0 Å². The van der Waals surface area contributed by atoms with Crippen LogP contribution in [0.4, 0.5) is 0 Å². The van der Waals surface area contributed by atoms with E-state index in [1.54, 1.807) is 0 Å². The van der Waals surface area contributed by atoms with Crippen LogP contribution < -0.4 is 10.6 Å². The van der Waals surface area contributed by atoms with Gasteiger partial charge in [-0.15, -0.1) is 0 Å². The van der Waals surface area contributed by atoms with Gasteiger partial charge in [-0.2, -0.15) is 0 Å². The van der Waals surface area contributed by atoms with Gasteiger partial charge in [0.15, 0.2) is 0 Å². The second-order valence-electron chi connectivity index (χ2n) is 5.50. The SMILES string of the molecule is CC(CCO)CNCC(=O)NC1CCCCCC1. The van der Waals surface area contributed by atoms with E-state index in [0.717, 1.165) is 25.8 Å². The molecule has 1 unspecified atom stereocenters. The van der Waals surface area contributed by atoms with Crippen molar-refractivity contribution in [3.05, 3.63) is 0 Å². The van der Waals surface area contributed by atoms with Crippen molar-refractivity contribution < 1.29 is 9.90 Å². The lowest BCUT2D eigenvalue weighted by molar-refractivity contribution is -0.121. The Labute approximate surface area is 111 Å². The smallest absolute Gasteiger partial charge is 0.234 e. The maximum Gasteiger partial charge on any atom is 0.234 e. The summed E-state index contributed by atoms with van der Waals surface area (Å²) in [5.41, 5.74) is 0. The largest absolute Gasteiger partial charge is 0.396 e. The molecule has 0 bridgehead atoms. The fourth-order valence-corrected chi connectivity index (χ4v) is 2.46. The van der Waals surface area contributed by atoms with Crippen LogP contribution in [-0.4, -0.2) is 36.8 Å². The van der Waals surface area contributed by atoms with Crippen molar-refractivity contribution in [2.45, 2.75) is 57.9 Å². The number of hydrogen-bond donors (Lipinski definition) is 3. The highest BCUT2D eigenvalue weighted by molar-refractivity contribution is 5.78. The Morgan fingerprint density at radius 1 is 1.28 bits per heavy atom. The Hall–Kier alpha value is -0.610. The Balaban J connectivity index is 2.09. The van der Waals surface area contributed by atoms with Crippen LogP contribution in [0.1, 0.15) is 51.9 Å². The van der Waals surface area contributed by atoms with Gasteiger partial charge in [-0.3, -0.25) is 4.79 Å². The van der Waals surface area contributed by atoms with Crippen LogP contribution in [0.25, 0.3) is 0 Å². The first-order chi connectivity index (χ1) is 8.72. The lowest BCUT2D eigenvalue weighted by atomic mass is 10.1. The summed E-state index contributed by atoms with van der Waals surface area (Å²) in [6.07, 6.45) is 8.15. The molecular weight excluding hydrogens is 228 g/mol. The van der Waals surface area contributed by atoms with Crippen molar-refractivity contribution in [1.82, 2.24) is 10.6 Å². The molecule has 0 aromatic heterocycles. The molecule has 0 aromatic rings. The number of carbonyl (C=O) groups is 1. The molecule has 106 valence electrons. The third-order valence-electron chi connectivity index (χ3n) is 3.62. The second-order valence-corrected chi connectivity index (χ2v) is 5.50. The lowest BCUT2D eigenvalue weighted by Crippen LogP contribution is -2.41. The summed E-state index contributed by atoms with van der Waals surface area (Å²) < 4.78 is 0. The van der Waals surface area contributed by atoms with Crippen LogP contribution in [0, 0.1) is 5.92 Å². The average molecular weight is 256 g/mol. The Morgan fingerprint density at radius 3 is 2.56 bits per heavy atom. The summed E-state index contributed by atoms with van der Waals surface area (Å²) in [7, 11) is 0. The molecule has 1 aliphatic carbocycles. The quantitative estimate of drug-likeness (QED) is 0.604. The van der Waals surface area contributed by atoms with Gasteiger partial charge in [0, 0.05) is 12.6 Å². The van der Waals surface area contributed by atoms with Crippen molar-refractivity contribution in [3.8, 4) is 0 Å². The summed E-state index contributed by atoms with van der Waals surface area (Å²) in [6.45, 7) is 3.48. The van der Waals surface area contributed by atoms with E-state index < -0.39 is 0 Å². The third-order valence-corrected chi connectivity index (χ3v) is 3.62. The topological polar surface area (TPSA) is 61.4 Å². The van der Waals surface area contributed by atoms with E-state index >= 15 is 0 Å². The van der Waals surface area contributed by atoms with Gasteiger partial charge in [0.05, 0.1) is 6.54 Å². The second kappa shape index (κ2) is 9.34. The highest BCUT2D eigenvalue weighted by Gasteiger charge is 2.14. The molecule has 1 rings (SSSR count). The van der Waals surface area contributed by atoms with E-state index in [2.05, 4.69) is 17.6 Å². The summed E-state index contributed by atoms with van der Waals surface area (Å²) in [4.78, 5) is 11.7. The van der Waals surface area contributed by atoms with E-state index in [1.165, 1.54) is 25.7 Å². The predicted octanol–water partition coefficient (Wildman–Crippen LogP) is 1.43. The molecule has 0 aliphatic heterocycles. The summed E-state index contributed by atoms with van der Waals surface area (Å²) >= 11 is 0. The number of carbonyl (C=O) groups excluding carboxylic acids is 1. The van der Waals surface area contributed by atoms with Gasteiger partial charge in [-0.05, 0) is 31.7 Å². The van der Waals surface area contributed by atoms with Gasteiger partial charge in [0.25, 0.3) is 0 Å². The summed E-state index contributed by atoms with van der Waals surface area (Å²) in [5.74, 6) is 0.527. The average Bonchev–Trinajstić information content (AvgIpc) is 2.58. The normalized spacial score (nSPS) is 19.2.